The number of alkyl halides is 1. The molecule has 0 radical (unpaired) electrons. The van der Waals surface area contributed by atoms with Crippen molar-refractivity contribution in [2.45, 2.75) is 37.1 Å². The minimum atomic E-state index is 0.440. The maximum absolute atomic E-state index is 6.35. The molecule has 3 heteroatoms. The van der Waals surface area contributed by atoms with Crippen molar-refractivity contribution < 1.29 is 0 Å². The molecule has 1 aliphatic carbocycles. The Bertz CT molecular complexity index is 250. The Labute approximate surface area is 97.3 Å². The Morgan fingerprint density at radius 1 is 1.40 bits per heavy atom. The fraction of sp³-hybridized carbons (Fsp3) is 1.00. The van der Waals surface area contributed by atoms with Crippen molar-refractivity contribution in [2.75, 3.05) is 26.7 Å². The summed E-state index contributed by atoms with van der Waals surface area (Å²) in [5, 5.41) is 3.99. The van der Waals surface area contributed by atoms with Gasteiger partial charge in [0, 0.05) is 29.9 Å². The normalized spacial score (nSPS) is 51.2. The van der Waals surface area contributed by atoms with Crippen molar-refractivity contribution in [2.24, 2.45) is 11.3 Å². The van der Waals surface area contributed by atoms with E-state index >= 15 is 0 Å². The van der Waals surface area contributed by atoms with E-state index in [-0.39, 0.29) is 0 Å². The number of hydrogen-bond donors (Lipinski definition) is 1. The second-order valence-electron chi connectivity index (χ2n) is 5.79. The van der Waals surface area contributed by atoms with Crippen LogP contribution < -0.4 is 5.32 Å². The molecule has 4 unspecified atom stereocenters. The van der Waals surface area contributed by atoms with Gasteiger partial charge in [-0.3, -0.25) is 0 Å². The molecule has 0 aromatic heterocycles. The van der Waals surface area contributed by atoms with Crippen LogP contribution in [-0.2, 0) is 0 Å². The average Bonchev–Trinajstić information content (AvgIpc) is 2.76. The largest absolute Gasteiger partial charge is 0.316 e. The highest BCUT2D eigenvalue weighted by molar-refractivity contribution is 6.20. The van der Waals surface area contributed by atoms with E-state index in [2.05, 4.69) is 17.3 Å². The minimum Gasteiger partial charge on any atom is -0.316 e. The monoisotopic (exact) mass is 228 g/mol. The average molecular weight is 229 g/mol. The van der Waals surface area contributed by atoms with Crippen LogP contribution in [0.2, 0.25) is 0 Å². The third-order valence-electron chi connectivity index (χ3n) is 4.94. The highest BCUT2D eigenvalue weighted by Gasteiger charge is 2.53. The maximum Gasteiger partial charge on any atom is 0.0340 e. The van der Waals surface area contributed by atoms with E-state index in [4.69, 9.17) is 11.6 Å². The summed E-state index contributed by atoms with van der Waals surface area (Å²) in [6.45, 7) is 3.73. The third-order valence-corrected chi connectivity index (χ3v) is 5.34. The second kappa shape index (κ2) is 3.61. The molecule has 15 heavy (non-hydrogen) atoms. The van der Waals surface area contributed by atoms with Crippen molar-refractivity contribution in [1.29, 1.82) is 0 Å². The molecule has 3 fully saturated rings. The summed E-state index contributed by atoms with van der Waals surface area (Å²) in [4.78, 5) is 2.60. The first-order chi connectivity index (χ1) is 7.21. The number of likely N-dealkylation sites (tertiary alicyclic amines) is 1. The van der Waals surface area contributed by atoms with Crippen LogP contribution in [0.15, 0.2) is 0 Å². The van der Waals surface area contributed by atoms with E-state index in [0.717, 1.165) is 12.0 Å². The number of nitrogens with one attached hydrogen (secondary N) is 1. The van der Waals surface area contributed by atoms with Gasteiger partial charge in [0.2, 0.25) is 0 Å². The molecule has 2 aliphatic heterocycles. The van der Waals surface area contributed by atoms with Gasteiger partial charge in [-0.15, -0.1) is 11.6 Å². The van der Waals surface area contributed by atoms with Crippen molar-refractivity contribution in [1.82, 2.24) is 10.2 Å². The van der Waals surface area contributed by atoms with Crippen molar-refractivity contribution >= 4 is 11.6 Å². The van der Waals surface area contributed by atoms with E-state index in [1.54, 1.807) is 0 Å². The van der Waals surface area contributed by atoms with Gasteiger partial charge in [0.15, 0.2) is 0 Å². The van der Waals surface area contributed by atoms with Gasteiger partial charge in [-0.2, -0.15) is 0 Å². The Balaban J connectivity index is 1.85. The smallest absolute Gasteiger partial charge is 0.0340 e. The molecule has 2 nitrogen and oxygen atoms in total. The van der Waals surface area contributed by atoms with E-state index < -0.39 is 0 Å². The van der Waals surface area contributed by atoms with Crippen molar-refractivity contribution in [3.63, 3.8) is 0 Å². The number of fused-ring (bicyclic) bond motifs is 2. The molecule has 3 rings (SSSR count). The predicted octanol–water partition coefficient (Wildman–Crippen LogP) is 1.69. The van der Waals surface area contributed by atoms with Crippen LogP contribution >= 0.6 is 11.6 Å². The fourth-order valence-electron chi connectivity index (χ4n) is 4.23. The van der Waals surface area contributed by atoms with E-state index in [1.807, 2.05) is 0 Å². The fourth-order valence-corrected chi connectivity index (χ4v) is 4.55. The molecule has 1 spiro atoms. The lowest BCUT2D eigenvalue weighted by Gasteiger charge is -2.37. The maximum atomic E-state index is 6.35. The third kappa shape index (κ3) is 1.53. The second-order valence-corrected chi connectivity index (χ2v) is 6.41. The molecule has 3 aliphatic rings. The summed E-state index contributed by atoms with van der Waals surface area (Å²) in [5.74, 6) is 0.855. The topological polar surface area (TPSA) is 15.3 Å². The van der Waals surface area contributed by atoms with Crippen LogP contribution in [0.4, 0.5) is 0 Å². The molecule has 86 valence electrons. The number of halogens is 1. The highest BCUT2D eigenvalue weighted by atomic mass is 35.5. The SMILES string of the molecule is CN1CC2(CCNC2)C2CC(Cl)CCC21. The molecule has 2 heterocycles. The van der Waals surface area contributed by atoms with Crippen LogP contribution in [0, 0.1) is 11.3 Å². The zero-order valence-corrected chi connectivity index (χ0v) is 10.3. The molecule has 0 amide bonds. The molecule has 4 atom stereocenters. The lowest BCUT2D eigenvalue weighted by molar-refractivity contribution is 0.174. The summed E-state index contributed by atoms with van der Waals surface area (Å²) in [5.41, 5.74) is 0.562. The van der Waals surface area contributed by atoms with Gasteiger partial charge in [0.25, 0.3) is 0 Å². The molecule has 0 bridgehead atoms. The van der Waals surface area contributed by atoms with Crippen molar-refractivity contribution in [3.05, 3.63) is 0 Å². The van der Waals surface area contributed by atoms with E-state index in [9.17, 15) is 0 Å². The van der Waals surface area contributed by atoms with E-state index in [0.29, 0.717) is 10.8 Å². The van der Waals surface area contributed by atoms with Gasteiger partial charge in [0.1, 0.15) is 0 Å². The van der Waals surface area contributed by atoms with Gasteiger partial charge in [-0.25, -0.2) is 0 Å². The lowest BCUT2D eigenvalue weighted by Crippen LogP contribution is -2.39. The first-order valence-corrected chi connectivity index (χ1v) is 6.70. The Hall–Kier alpha value is 0.210. The molecule has 1 N–H and O–H groups in total. The minimum absolute atomic E-state index is 0.440. The Morgan fingerprint density at radius 2 is 2.27 bits per heavy atom. The predicted molar refractivity (Wildman–Crippen MR) is 63.3 cm³/mol. The molecule has 2 saturated heterocycles. The zero-order chi connectivity index (χ0) is 10.5. The van der Waals surface area contributed by atoms with Gasteiger partial charge in [-0.1, -0.05) is 0 Å². The quantitative estimate of drug-likeness (QED) is 0.635. The molecule has 0 aromatic carbocycles. The molecule has 1 saturated carbocycles. The van der Waals surface area contributed by atoms with Gasteiger partial charge < -0.3 is 10.2 Å². The van der Waals surface area contributed by atoms with Crippen LogP contribution in [0.25, 0.3) is 0 Å². The van der Waals surface area contributed by atoms with Gasteiger partial charge in [-0.05, 0) is 45.2 Å². The van der Waals surface area contributed by atoms with Crippen LogP contribution in [0.3, 0.4) is 0 Å². The Kier molecular flexibility index (Phi) is 2.50. The summed E-state index contributed by atoms with van der Waals surface area (Å²) in [7, 11) is 2.30. The van der Waals surface area contributed by atoms with Crippen LogP contribution in [0.1, 0.15) is 25.7 Å². The highest BCUT2D eigenvalue weighted by Crippen LogP contribution is 2.50. The van der Waals surface area contributed by atoms with Crippen LogP contribution in [-0.4, -0.2) is 43.0 Å². The molecular formula is C12H21ClN2. The van der Waals surface area contributed by atoms with Crippen LogP contribution in [0.5, 0.6) is 0 Å². The van der Waals surface area contributed by atoms with Crippen molar-refractivity contribution in [3.8, 4) is 0 Å². The van der Waals surface area contributed by atoms with Gasteiger partial charge >= 0.3 is 0 Å². The summed E-state index contributed by atoms with van der Waals surface area (Å²) < 4.78 is 0. The standard InChI is InChI=1S/C12H21ClN2/c1-15-8-12(4-5-14-7-12)10-6-9(13)2-3-11(10)15/h9-11,14H,2-8H2,1H3. The summed E-state index contributed by atoms with van der Waals surface area (Å²) in [6.07, 6.45) is 5.15. The van der Waals surface area contributed by atoms with Gasteiger partial charge in [0.05, 0.1) is 0 Å². The first kappa shape index (κ1) is 10.4. The Morgan fingerprint density at radius 3 is 3.00 bits per heavy atom. The lowest BCUT2D eigenvalue weighted by atomic mass is 9.69. The number of nitrogens with zero attached hydrogens (tertiary/aromatic N) is 1. The van der Waals surface area contributed by atoms with E-state index in [1.165, 1.54) is 45.3 Å². The summed E-state index contributed by atoms with van der Waals surface area (Å²) in [6, 6.07) is 0.819. The first-order valence-electron chi connectivity index (χ1n) is 6.26. The molecular weight excluding hydrogens is 208 g/mol. The zero-order valence-electron chi connectivity index (χ0n) is 9.51. The summed E-state index contributed by atoms with van der Waals surface area (Å²) >= 11 is 6.35. The number of rotatable bonds is 0. The number of hydrogen-bond acceptors (Lipinski definition) is 2. The molecule has 0 aromatic rings.